The molecular formula is C13H13N3S. The molecule has 0 atom stereocenters. The molecule has 2 rings (SSSR count). The first-order valence-electron chi connectivity index (χ1n) is 5.28. The lowest BCUT2D eigenvalue weighted by atomic mass is 10.2. The zero-order chi connectivity index (χ0) is 12.3. The van der Waals surface area contributed by atoms with Gasteiger partial charge >= 0.3 is 0 Å². The highest BCUT2D eigenvalue weighted by atomic mass is 32.1. The van der Waals surface area contributed by atoms with Gasteiger partial charge < -0.3 is 11.1 Å². The fraction of sp³-hybridized carbons (Fsp3) is 0.154. The normalized spacial score (nSPS) is 9.88. The SMILES string of the molecule is Cc1ccc(CNc2cc(C#N)ccc2N)s1. The van der Waals surface area contributed by atoms with Gasteiger partial charge in [0.15, 0.2) is 0 Å². The van der Waals surface area contributed by atoms with Gasteiger partial charge in [-0.25, -0.2) is 0 Å². The molecule has 1 aromatic carbocycles. The number of hydrogen-bond donors (Lipinski definition) is 2. The van der Waals surface area contributed by atoms with E-state index in [1.807, 2.05) is 0 Å². The van der Waals surface area contributed by atoms with Crippen LogP contribution in [0.5, 0.6) is 0 Å². The molecule has 4 heteroatoms. The monoisotopic (exact) mass is 243 g/mol. The maximum Gasteiger partial charge on any atom is 0.0992 e. The van der Waals surface area contributed by atoms with Crippen molar-refractivity contribution in [2.24, 2.45) is 0 Å². The number of nitrogens with two attached hydrogens (primary N) is 1. The first-order chi connectivity index (χ1) is 8.19. The summed E-state index contributed by atoms with van der Waals surface area (Å²) in [6.45, 7) is 2.82. The number of anilines is 2. The van der Waals surface area contributed by atoms with Crippen LogP contribution in [-0.2, 0) is 6.54 Å². The fourth-order valence-corrected chi connectivity index (χ4v) is 2.37. The van der Waals surface area contributed by atoms with E-state index >= 15 is 0 Å². The molecular weight excluding hydrogens is 230 g/mol. The summed E-state index contributed by atoms with van der Waals surface area (Å²) in [5.74, 6) is 0. The van der Waals surface area contributed by atoms with E-state index in [4.69, 9.17) is 11.0 Å². The Kier molecular flexibility index (Phi) is 3.31. The average molecular weight is 243 g/mol. The minimum absolute atomic E-state index is 0.615. The Labute approximate surface area is 105 Å². The molecule has 1 heterocycles. The van der Waals surface area contributed by atoms with Crippen molar-refractivity contribution >= 4 is 22.7 Å². The Hall–Kier alpha value is -1.99. The van der Waals surface area contributed by atoms with E-state index < -0.39 is 0 Å². The standard InChI is InChI=1S/C13H13N3S/c1-9-2-4-11(17-9)8-16-13-6-10(7-14)3-5-12(13)15/h2-6,16H,8,15H2,1H3. The molecule has 0 saturated carbocycles. The van der Waals surface area contributed by atoms with Gasteiger partial charge in [-0.2, -0.15) is 5.26 Å². The lowest BCUT2D eigenvalue weighted by Gasteiger charge is -2.08. The maximum absolute atomic E-state index is 8.82. The smallest absolute Gasteiger partial charge is 0.0992 e. The van der Waals surface area contributed by atoms with Crippen molar-refractivity contribution < 1.29 is 0 Å². The van der Waals surface area contributed by atoms with E-state index in [2.05, 4.69) is 30.4 Å². The summed E-state index contributed by atoms with van der Waals surface area (Å²) in [6, 6.07) is 11.5. The number of hydrogen-bond acceptors (Lipinski definition) is 4. The highest BCUT2D eigenvalue weighted by molar-refractivity contribution is 7.11. The highest BCUT2D eigenvalue weighted by Gasteiger charge is 2.02. The Balaban J connectivity index is 2.11. The second kappa shape index (κ2) is 4.89. The van der Waals surface area contributed by atoms with Crippen molar-refractivity contribution in [2.45, 2.75) is 13.5 Å². The van der Waals surface area contributed by atoms with Gasteiger partial charge in [0.05, 0.1) is 23.0 Å². The van der Waals surface area contributed by atoms with Gasteiger partial charge in [0, 0.05) is 16.3 Å². The van der Waals surface area contributed by atoms with Crippen LogP contribution in [0.2, 0.25) is 0 Å². The van der Waals surface area contributed by atoms with Gasteiger partial charge in [-0.3, -0.25) is 0 Å². The topological polar surface area (TPSA) is 61.8 Å². The maximum atomic E-state index is 8.82. The zero-order valence-corrected chi connectivity index (χ0v) is 10.3. The van der Waals surface area contributed by atoms with Crippen molar-refractivity contribution in [1.82, 2.24) is 0 Å². The second-order valence-electron chi connectivity index (χ2n) is 3.78. The largest absolute Gasteiger partial charge is 0.397 e. The van der Waals surface area contributed by atoms with Gasteiger partial charge in [0.25, 0.3) is 0 Å². The van der Waals surface area contributed by atoms with Gasteiger partial charge in [-0.1, -0.05) is 0 Å². The number of benzene rings is 1. The lowest BCUT2D eigenvalue weighted by molar-refractivity contribution is 1.19. The molecule has 0 spiro atoms. The molecule has 0 aliphatic heterocycles. The third kappa shape index (κ3) is 2.77. The minimum atomic E-state index is 0.615. The molecule has 0 saturated heterocycles. The van der Waals surface area contributed by atoms with E-state index in [0.717, 1.165) is 12.2 Å². The Morgan fingerprint density at radius 3 is 2.82 bits per heavy atom. The van der Waals surface area contributed by atoms with Crippen molar-refractivity contribution in [3.05, 3.63) is 45.6 Å². The molecule has 86 valence electrons. The number of aryl methyl sites for hydroxylation is 1. The highest BCUT2D eigenvalue weighted by Crippen LogP contribution is 2.22. The van der Waals surface area contributed by atoms with Crippen LogP contribution in [-0.4, -0.2) is 0 Å². The Morgan fingerprint density at radius 1 is 1.35 bits per heavy atom. The molecule has 3 nitrogen and oxygen atoms in total. The predicted molar refractivity (Wildman–Crippen MR) is 72.0 cm³/mol. The third-order valence-corrected chi connectivity index (χ3v) is 3.43. The van der Waals surface area contributed by atoms with Gasteiger partial charge in [0.1, 0.15) is 0 Å². The van der Waals surface area contributed by atoms with Crippen molar-refractivity contribution in [3.63, 3.8) is 0 Å². The quantitative estimate of drug-likeness (QED) is 0.814. The molecule has 0 aliphatic rings. The van der Waals surface area contributed by atoms with Gasteiger partial charge in [-0.15, -0.1) is 11.3 Å². The summed E-state index contributed by atoms with van der Waals surface area (Å²) < 4.78 is 0. The zero-order valence-electron chi connectivity index (χ0n) is 9.53. The summed E-state index contributed by atoms with van der Waals surface area (Å²) in [4.78, 5) is 2.55. The molecule has 0 bridgehead atoms. The summed E-state index contributed by atoms with van der Waals surface area (Å²) >= 11 is 1.75. The molecule has 17 heavy (non-hydrogen) atoms. The van der Waals surface area contributed by atoms with Gasteiger partial charge in [0.2, 0.25) is 0 Å². The summed E-state index contributed by atoms with van der Waals surface area (Å²) in [5.41, 5.74) is 7.94. The lowest BCUT2D eigenvalue weighted by Crippen LogP contribution is -2.01. The van der Waals surface area contributed by atoms with Crippen LogP contribution in [0.15, 0.2) is 30.3 Å². The number of nitrogen functional groups attached to an aromatic ring is 1. The van der Waals surface area contributed by atoms with Crippen LogP contribution < -0.4 is 11.1 Å². The molecule has 2 aromatic rings. The molecule has 3 N–H and O–H groups in total. The molecule has 0 radical (unpaired) electrons. The summed E-state index contributed by atoms with van der Waals surface area (Å²) in [7, 11) is 0. The molecule has 0 aliphatic carbocycles. The van der Waals surface area contributed by atoms with Crippen LogP contribution in [0, 0.1) is 18.3 Å². The van der Waals surface area contributed by atoms with Crippen LogP contribution in [0.3, 0.4) is 0 Å². The van der Waals surface area contributed by atoms with Crippen LogP contribution in [0.1, 0.15) is 15.3 Å². The Bertz CT molecular complexity index is 566. The second-order valence-corrected chi connectivity index (χ2v) is 5.15. The first kappa shape index (κ1) is 11.5. The van der Waals surface area contributed by atoms with E-state index in [-0.39, 0.29) is 0 Å². The van der Waals surface area contributed by atoms with E-state index in [1.165, 1.54) is 9.75 Å². The van der Waals surface area contributed by atoms with Crippen molar-refractivity contribution in [2.75, 3.05) is 11.1 Å². The fourth-order valence-electron chi connectivity index (χ4n) is 1.54. The molecule has 0 unspecified atom stereocenters. The third-order valence-electron chi connectivity index (χ3n) is 2.43. The first-order valence-corrected chi connectivity index (χ1v) is 6.09. The van der Waals surface area contributed by atoms with Crippen molar-refractivity contribution in [3.8, 4) is 6.07 Å². The number of nitrogens with one attached hydrogen (secondary N) is 1. The summed E-state index contributed by atoms with van der Waals surface area (Å²) in [5, 5.41) is 12.1. The van der Waals surface area contributed by atoms with E-state index in [1.54, 1.807) is 29.5 Å². The molecule has 1 aromatic heterocycles. The Morgan fingerprint density at radius 2 is 2.18 bits per heavy atom. The average Bonchev–Trinajstić information content (AvgIpc) is 2.74. The number of rotatable bonds is 3. The van der Waals surface area contributed by atoms with Crippen molar-refractivity contribution in [1.29, 1.82) is 5.26 Å². The number of nitrogens with zero attached hydrogens (tertiary/aromatic N) is 1. The van der Waals surface area contributed by atoms with Crippen LogP contribution >= 0.6 is 11.3 Å². The number of thiophene rings is 1. The van der Waals surface area contributed by atoms with Crippen LogP contribution in [0.4, 0.5) is 11.4 Å². The van der Waals surface area contributed by atoms with Gasteiger partial charge in [-0.05, 0) is 37.3 Å². The molecule has 0 fully saturated rings. The van der Waals surface area contributed by atoms with E-state index in [0.29, 0.717) is 11.3 Å². The number of nitriles is 1. The minimum Gasteiger partial charge on any atom is -0.397 e. The molecule has 0 amide bonds. The van der Waals surface area contributed by atoms with Crippen LogP contribution in [0.25, 0.3) is 0 Å². The predicted octanol–water partition coefficient (Wildman–Crippen LogP) is 3.12. The van der Waals surface area contributed by atoms with E-state index in [9.17, 15) is 0 Å². The summed E-state index contributed by atoms with van der Waals surface area (Å²) in [6.07, 6.45) is 0.